The van der Waals surface area contributed by atoms with Crippen LogP contribution in [0, 0.1) is 0 Å². The predicted octanol–water partition coefficient (Wildman–Crippen LogP) is 2.31. The fourth-order valence-electron chi connectivity index (χ4n) is 1.65. The van der Waals surface area contributed by atoms with Crippen LogP contribution in [0.15, 0.2) is 24.3 Å². The Balaban J connectivity index is 1.91. The molecular weight excluding hydrogens is 212 g/mol. The van der Waals surface area contributed by atoms with Crippen molar-refractivity contribution in [3.05, 3.63) is 24.3 Å². The van der Waals surface area contributed by atoms with E-state index in [9.17, 15) is 0 Å². The number of nitrogens with zero attached hydrogens (tertiary/aromatic N) is 2. The highest BCUT2D eigenvalue weighted by molar-refractivity contribution is 5.77. The number of aromatic nitrogens is 2. The number of hydrogen-bond acceptors (Lipinski definition) is 3. The molecule has 1 aromatic carbocycles. The number of nitrogens with one attached hydrogen (secondary N) is 2. The Labute approximate surface area is 102 Å². The molecule has 4 nitrogen and oxygen atoms in total. The lowest BCUT2D eigenvalue weighted by atomic mass is 10.3. The second kappa shape index (κ2) is 5.19. The molecule has 0 aliphatic heterocycles. The summed E-state index contributed by atoms with van der Waals surface area (Å²) in [5, 5.41) is 3.31. The zero-order valence-electron chi connectivity index (χ0n) is 10.7. The van der Waals surface area contributed by atoms with Crippen molar-refractivity contribution in [1.82, 2.24) is 14.9 Å². The quantitative estimate of drug-likeness (QED) is 0.831. The summed E-state index contributed by atoms with van der Waals surface area (Å²) in [7, 11) is 2.13. The van der Waals surface area contributed by atoms with Gasteiger partial charge >= 0.3 is 0 Å². The summed E-state index contributed by atoms with van der Waals surface area (Å²) >= 11 is 0. The molecule has 0 spiro atoms. The number of fused-ring (bicyclic) bond motifs is 1. The molecule has 0 atom stereocenters. The topological polar surface area (TPSA) is 44.0 Å². The number of aromatic amines is 1. The van der Waals surface area contributed by atoms with E-state index in [-0.39, 0.29) is 0 Å². The molecular formula is C13H20N4. The van der Waals surface area contributed by atoms with E-state index in [1.165, 1.54) is 0 Å². The fourth-order valence-corrected chi connectivity index (χ4v) is 1.65. The molecule has 0 saturated carbocycles. The Kier molecular flexibility index (Phi) is 3.64. The van der Waals surface area contributed by atoms with Gasteiger partial charge in [-0.05, 0) is 33.0 Å². The highest BCUT2D eigenvalue weighted by atomic mass is 15.2. The van der Waals surface area contributed by atoms with Crippen molar-refractivity contribution in [2.45, 2.75) is 19.9 Å². The molecule has 2 N–H and O–H groups in total. The average Bonchev–Trinajstić information content (AvgIpc) is 2.71. The maximum Gasteiger partial charge on any atom is 0.201 e. The third kappa shape index (κ3) is 2.97. The van der Waals surface area contributed by atoms with Crippen LogP contribution in [0.3, 0.4) is 0 Å². The Bertz CT molecular complexity index is 442. The Morgan fingerprint density at radius 2 is 2.12 bits per heavy atom. The van der Waals surface area contributed by atoms with Gasteiger partial charge in [-0.2, -0.15) is 0 Å². The molecule has 0 amide bonds. The summed E-state index contributed by atoms with van der Waals surface area (Å²) in [4.78, 5) is 10.0. The van der Waals surface area contributed by atoms with Crippen molar-refractivity contribution >= 4 is 17.0 Å². The van der Waals surface area contributed by atoms with Crippen molar-refractivity contribution in [3.63, 3.8) is 0 Å². The van der Waals surface area contributed by atoms with Crippen molar-refractivity contribution in [2.24, 2.45) is 0 Å². The minimum atomic E-state index is 0.576. The lowest BCUT2D eigenvalue weighted by Gasteiger charge is -2.20. The second-order valence-corrected chi connectivity index (χ2v) is 4.60. The number of hydrogen-bond donors (Lipinski definition) is 2. The first-order valence-corrected chi connectivity index (χ1v) is 6.05. The van der Waals surface area contributed by atoms with Gasteiger partial charge in [0.1, 0.15) is 0 Å². The molecule has 92 valence electrons. The largest absolute Gasteiger partial charge is 0.355 e. The highest BCUT2D eigenvalue weighted by Crippen LogP contribution is 2.12. The van der Waals surface area contributed by atoms with Crippen molar-refractivity contribution < 1.29 is 0 Å². The van der Waals surface area contributed by atoms with Gasteiger partial charge in [-0.1, -0.05) is 12.1 Å². The van der Waals surface area contributed by atoms with Crippen LogP contribution >= 0.6 is 0 Å². The van der Waals surface area contributed by atoms with Crippen LogP contribution in [0.5, 0.6) is 0 Å². The highest BCUT2D eigenvalue weighted by Gasteiger charge is 2.04. The monoisotopic (exact) mass is 232 g/mol. The second-order valence-electron chi connectivity index (χ2n) is 4.60. The molecule has 0 unspecified atom stereocenters. The van der Waals surface area contributed by atoms with Crippen LogP contribution < -0.4 is 5.32 Å². The molecule has 0 aliphatic rings. The van der Waals surface area contributed by atoms with Crippen LogP contribution in [0.2, 0.25) is 0 Å². The first-order valence-electron chi connectivity index (χ1n) is 6.05. The van der Waals surface area contributed by atoms with Gasteiger partial charge in [-0.3, -0.25) is 0 Å². The summed E-state index contributed by atoms with van der Waals surface area (Å²) in [6, 6.07) is 8.63. The number of imidazole rings is 1. The van der Waals surface area contributed by atoms with E-state index in [1.807, 2.05) is 24.3 Å². The third-order valence-corrected chi connectivity index (χ3v) is 3.03. The zero-order chi connectivity index (χ0) is 12.3. The van der Waals surface area contributed by atoms with Gasteiger partial charge < -0.3 is 15.2 Å². The van der Waals surface area contributed by atoms with E-state index >= 15 is 0 Å². The van der Waals surface area contributed by atoms with E-state index in [4.69, 9.17) is 0 Å². The molecule has 0 aliphatic carbocycles. The van der Waals surface area contributed by atoms with Crippen LogP contribution in [0.1, 0.15) is 13.8 Å². The molecule has 17 heavy (non-hydrogen) atoms. The van der Waals surface area contributed by atoms with Crippen LogP contribution in [-0.4, -0.2) is 41.0 Å². The van der Waals surface area contributed by atoms with E-state index in [0.29, 0.717) is 6.04 Å². The minimum absolute atomic E-state index is 0.576. The van der Waals surface area contributed by atoms with Gasteiger partial charge in [0.25, 0.3) is 0 Å². The number of para-hydroxylation sites is 2. The van der Waals surface area contributed by atoms with Gasteiger partial charge in [0, 0.05) is 19.1 Å². The van der Waals surface area contributed by atoms with Crippen LogP contribution in [0.25, 0.3) is 11.0 Å². The first-order chi connectivity index (χ1) is 8.16. The van der Waals surface area contributed by atoms with E-state index in [2.05, 4.69) is 41.1 Å². The maximum atomic E-state index is 4.47. The Hall–Kier alpha value is -1.55. The normalized spacial score (nSPS) is 11.6. The van der Waals surface area contributed by atoms with Gasteiger partial charge in [0.2, 0.25) is 5.95 Å². The predicted molar refractivity (Wildman–Crippen MR) is 72.3 cm³/mol. The number of benzene rings is 1. The van der Waals surface area contributed by atoms with Crippen molar-refractivity contribution in [2.75, 3.05) is 25.5 Å². The third-order valence-electron chi connectivity index (χ3n) is 3.03. The minimum Gasteiger partial charge on any atom is -0.355 e. The summed E-state index contributed by atoms with van der Waals surface area (Å²) in [6.45, 7) is 6.30. The Morgan fingerprint density at radius 3 is 2.82 bits per heavy atom. The molecule has 0 fully saturated rings. The van der Waals surface area contributed by atoms with Gasteiger partial charge in [-0.25, -0.2) is 4.98 Å². The van der Waals surface area contributed by atoms with E-state index in [0.717, 1.165) is 30.1 Å². The van der Waals surface area contributed by atoms with Gasteiger partial charge in [0.15, 0.2) is 0 Å². The molecule has 4 heteroatoms. The smallest absolute Gasteiger partial charge is 0.201 e. The lowest BCUT2D eigenvalue weighted by molar-refractivity contribution is 0.284. The lowest BCUT2D eigenvalue weighted by Crippen LogP contribution is -2.31. The molecule has 0 radical (unpaired) electrons. The van der Waals surface area contributed by atoms with Crippen LogP contribution in [-0.2, 0) is 0 Å². The fraction of sp³-hybridized carbons (Fsp3) is 0.462. The van der Waals surface area contributed by atoms with Crippen molar-refractivity contribution in [1.29, 1.82) is 0 Å². The molecule has 0 saturated heterocycles. The average molecular weight is 232 g/mol. The molecule has 0 bridgehead atoms. The summed E-state index contributed by atoms with van der Waals surface area (Å²) < 4.78 is 0. The standard InChI is InChI=1S/C13H20N4/c1-10(2)17(3)9-8-14-13-15-11-6-4-5-7-12(11)16-13/h4-7,10H,8-9H2,1-3H3,(H2,14,15,16). The van der Waals surface area contributed by atoms with E-state index in [1.54, 1.807) is 0 Å². The molecule has 2 rings (SSSR count). The zero-order valence-corrected chi connectivity index (χ0v) is 10.7. The Morgan fingerprint density at radius 1 is 1.35 bits per heavy atom. The maximum absolute atomic E-state index is 4.47. The number of rotatable bonds is 5. The molecule has 2 aromatic rings. The molecule has 1 aromatic heterocycles. The SMILES string of the molecule is CC(C)N(C)CCNc1nc2ccccc2[nH]1. The number of H-pyrrole nitrogens is 1. The summed E-state index contributed by atoms with van der Waals surface area (Å²) in [5.74, 6) is 0.850. The molecule has 1 heterocycles. The van der Waals surface area contributed by atoms with Crippen molar-refractivity contribution in [3.8, 4) is 0 Å². The van der Waals surface area contributed by atoms with E-state index < -0.39 is 0 Å². The first kappa shape index (κ1) is 11.9. The summed E-state index contributed by atoms with van der Waals surface area (Å²) in [5.41, 5.74) is 2.08. The number of anilines is 1. The van der Waals surface area contributed by atoms with Gasteiger partial charge in [-0.15, -0.1) is 0 Å². The van der Waals surface area contributed by atoms with Gasteiger partial charge in [0.05, 0.1) is 11.0 Å². The summed E-state index contributed by atoms with van der Waals surface area (Å²) in [6.07, 6.45) is 0. The van der Waals surface area contributed by atoms with Crippen LogP contribution in [0.4, 0.5) is 5.95 Å². The number of likely N-dealkylation sites (N-methyl/N-ethyl adjacent to an activating group) is 1.